The second-order valence-electron chi connectivity index (χ2n) is 6.79. The Hall–Kier alpha value is -3.42. The Labute approximate surface area is 161 Å². The van der Waals surface area contributed by atoms with Crippen molar-refractivity contribution < 1.29 is 18.7 Å². The second-order valence-corrected chi connectivity index (χ2v) is 6.79. The highest BCUT2D eigenvalue weighted by Gasteiger charge is 2.29. The van der Waals surface area contributed by atoms with E-state index in [-0.39, 0.29) is 6.01 Å². The van der Waals surface area contributed by atoms with Gasteiger partial charge < -0.3 is 13.7 Å². The Bertz CT molecular complexity index is 1020. The maximum atomic E-state index is 12.4. The van der Waals surface area contributed by atoms with E-state index in [1.165, 1.54) is 0 Å². The van der Waals surface area contributed by atoms with Crippen LogP contribution in [-0.4, -0.2) is 33.2 Å². The summed E-state index contributed by atoms with van der Waals surface area (Å²) in [6.45, 7) is 3.43. The summed E-state index contributed by atoms with van der Waals surface area (Å²) in [7, 11) is 0. The molecule has 1 aliphatic carbocycles. The highest BCUT2D eigenvalue weighted by molar-refractivity contribution is 5.95. The Morgan fingerprint density at radius 1 is 1.21 bits per heavy atom. The van der Waals surface area contributed by atoms with E-state index in [9.17, 15) is 9.59 Å². The van der Waals surface area contributed by atoms with Gasteiger partial charge in [-0.2, -0.15) is 0 Å². The number of hydrogen-bond acceptors (Lipinski definition) is 6. The van der Waals surface area contributed by atoms with Crippen molar-refractivity contribution in [2.24, 2.45) is 0 Å². The first kappa shape index (κ1) is 18.0. The summed E-state index contributed by atoms with van der Waals surface area (Å²) in [5.41, 5.74) is 3.12. The van der Waals surface area contributed by atoms with E-state index >= 15 is 0 Å². The van der Waals surface area contributed by atoms with E-state index in [2.05, 4.69) is 20.1 Å². The van der Waals surface area contributed by atoms with Gasteiger partial charge in [0.15, 0.2) is 6.61 Å². The van der Waals surface area contributed by atoms with Crippen molar-refractivity contribution in [3.63, 3.8) is 0 Å². The van der Waals surface area contributed by atoms with Crippen molar-refractivity contribution in [3.05, 3.63) is 53.3 Å². The number of aromatic nitrogens is 3. The Morgan fingerprint density at radius 3 is 2.68 bits per heavy atom. The molecule has 0 bridgehead atoms. The van der Waals surface area contributed by atoms with E-state index in [0.29, 0.717) is 17.5 Å². The molecule has 8 heteroatoms. The molecule has 1 N–H and O–H groups in total. The largest absolute Gasteiger partial charge is 0.452 e. The van der Waals surface area contributed by atoms with Crippen LogP contribution in [0.15, 0.2) is 40.8 Å². The summed E-state index contributed by atoms with van der Waals surface area (Å²) in [5, 5.41) is 10.1. The molecular weight excluding hydrogens is 360 g/mol. The number of rotatable bonds is 6. The number of anilines is 1. The Balaban J connectivity index is 1.34. The molecule has 144 valence electrons. The van der Waals surface area contributed by atoms with E-state index in [4.69, 9.17) is 9.15 Å². The maximum absolute atomic E-state index is 12.4. The van der Waals surface area contributed by atoms with Crippen LogP contribution >= 0.6 is 0 Å². The molecule has 2 aromatic heterocycles. The van der Waals surface area contributed by atoms with Crippen LogP contribution < -0.4 is 5.32 Å². The minimum absolute atomic E-state index is 0.0492. The number of esters is 1. The fraction of sp³-hybridized carbons (Fsp3) is 0.300. The predicted octanol–water partition coefficient (Wildman–Crippen LogP) is 3.29. The van der Waals surface area contributed by atoms with Gasteiger partial charge in [-0.1, -0.05) is 23.3 Å². The number of amides is 1. The number of nitrogens with one attached hydrogen (secondary N) is 1. The van der Waals surface area contributed by atoms with Crippen LogP contribution in [0, 0.1) is 13.8 Å². The lowest BCUT2D eigenvalue weighted by Crippen LogP contribution is -2.21. The summed E-state index contributed by atoms with van der Waals surface area (Å²) in [6.07, 6.45) is 2.25. The summed E-state index contributed by atoms with van der Waals surface area (Å²) in [5.74, 6) is -0.779. The van der Waals surface area contributed by atoms with Gasteiger partial charge in [-0.3, -0.25) is 10.1 Å². The van der Waals surface area contributed by atoms with Crippen LogP contribution in [-0.2, 0) is 9.53 Å². The lowest BCUT2D eigenvalue weighted by atomic mass is 10.2. The van der Waals surface area contributed by atoms with Gasteiger partial charge in [-0.05, 0) is 44.9 Å². The molecule has 0 atom stereocenters. The fourth-order valence-corrected chi connectivity index (χ4v) is 3.21. The standard InChI is InChI=1S/C20H20N4O4/c1-12-10-16(13(2)24(12)15-8-9-15)19(26)27-11-17(25)21-20-23-22-18(28-20)14-6-4-3-5-7-14/h3-7,10,15H,8-9,11H2,1-2H3,(H,21,23,25). The number of carbonyl (C=O) groups excluding carboxylic acids is 2. The van der Waals surface area contributed by atoms with Gasteiger partial charge in [0.05, 0.1) is 5.56 Å². The SMILES string of the molecule is Cc1cc(C(=O)OCC(=O)Nc2nnc(-c3ccccc3)o2)c(C)n1C1CC1. The van der Waals surface area contributed by atoms with Crippen LogP contribution in [0.25, 0.3) is 11.5 Å². The predicted molar refractivity (Wildman–Crippen MR) is 101 cm³/mol. The molecule has 0 saturated heterocycles. The molecular formula is C20H20N4O4. The van der Waals surface area contributed by atoms with Crippen molar-refractivity contribution in [1.29, 1.82) is 0 Å². The van der Waals surface area contributed by atoms with Crippen molar-refractivity contribution in [2.45, 2.75) is 32.7 Å². The van der Waals surface area contributed by atoms with Crippen LogP contribution in [0.2, 0.25) is 0 Å². The first-order valence-electron chi connectivity index (χ1n) is 9.07. The molecule has 4 rings (SSSR count). The Kier molecular flexibility index (Phi) is 4.68. The molecule has 2 heterocycles. The minimum Gasteiger partial charge on any atom is -0.452 e. The first-order valence-corrected chi connectivity index (χ1v) is 9.07. The summed E-state index contributed by atoms with van der Waals surface area (Å²) in [4.78, 5) is 24.4. The lowest BCUT2D eigenvalue weighted by Gasteiger charge is -2.07. The third kappa shape index (κ3) is 3.66. The zero-order valence-electron chi connectivity index (χ0n) is 15.6. The van der Waals surface area contributed by atoms with Crippen molar-refractivity contribution in [2.75, 3.05) is 11.9 Å². The average Bonchev–Trinajstić information content (AvgIpc) is 3.33. The second kappa shape index (κ2) is 7.30. The van der Waals surface area contributed by atoms with Gasteiger partial charge in [-0.25, -0.2) is 4.79 Å². The van der Waals surface area contributed by atoms with Crippen molar-refractivity contribution in [1.82, 2.24) is 14.8 Å². The average molecular weight is 380 g/mol. The molecule has 0 aliphatic heterocycles. The fourth-order valence-electron chi connectivity index (χ4n) is 3.21. The van der Waals surface area contributed by atoms with Crippen molar-refractivity contribution >= 4 is 17.9 Å². The third-order valence-electron chi connectivity index (χ3n) is 4.64. The topological polar surface area (TPSA) is 99.2 Å². The lowest BCUT2D eigenvalue weighted by molar-refractivity contribution is -0.119. The molecule has 1 saturated carbocycles. The van der Waals surface area contributed by atoms with E-state index in [1.54, 1.807) is 6.07 Å². The monoisotopic (exact) mass is 380 g/mol. The highest BCUT2D eigenvalue weighted by atomic mass is 16.5. The number of ether oxygens (including phenoxy) is 1. The summed E-state index contributed by atoms with van der Waals surface area (Å²) >= 11 is 0. The number of carbonyl (C=O) groups is 2. The van der Waals surface area contributed by atoms with Crippen LogP contribution in [0.1, 0.15) is 40.6 Å². The number of aryl methyl sites for hydroxylation is 1. The van der Waals surface area contributed by atoms with Gasteiger partial charge in [0, 0.05) is 23.0 Å². The third-order valence-corrected chi connectivity index (χ3v) is 4.64. The summed E-state index contributed by atoms with van der Waals surface area (Å²) < 4.78 is 12.7. The molecule has 1 fully saturated rings. The molecule has 1 amide bonds. The van der Waals surface area contributed by atoms with E-state index in [1.807, 2.05) is 44.2 Å². The van der Waals surface area contributed by atoms with Gasteiger partial charge in [0.2, 0.25) is 5.89 Å². The highest BCUT2D eigenvalue weighted by Crippen LogP contribution is 2.38. The Morgan fingerprint density at radius 2 is 1.96 bits per heavy atom. The van der Waals surface area contributed by atoms with Gasteiger partial charge in [0.25, 0.3) is 5.91 Å². The smallest absolute Gasteiger partial charge is 0.340 e. The molecule has 8 nitrogen and oxygen atoms in total. The normalized spacial score (nSPS) is 13.4. The minimum atomic E-state index is -0.549. The molecule has 3 aromatic rings. The maximum Gasteiger partial charge on any atom is 0.340 e. The molecule has 0 spiro atoms. The number of hydrogen-bond donors (Lipinski definition) is 1. The van der Waals surface area contributed by atoms with E-state index < -0.39 is 18.5 Å². The number of nitrogens with zero attached hydrogens (tertiary/aromatic N) is 3. The quantitative estimate of drug-likeness (QED) is 0.659. The zero-order chi connectivity index (χ0) is 19.7. The first-order chi connectivity index (χ1) is 13.5. The van der Waals surface area contributed by atoms with E-state index in [0.717, 1.165) is 29.8 Å². The summed E-state index contributed by atoms with van der Waals surface area (Å²) in [6, 6.07) is 11.4. The zero-order valence-corrected chi connectivity index (χ0v) is 15.6. The molecule has 0 radical (unpaired) electrons. The molecule has 1 aliphatic rings. The molecule has 28 heavy (non-hydrogen) atoms. The van der Waals surface area contributed by atoms with Gasteiger partial charge >= 0.3 is 12.0 Å². The molecule has 1 aromatic carbocycles. The number of benzene rings is 1. The van der Waals surface area contributed by atoms with Gasteiger partial charge in [0.1, 0.15) is 0 Å². The van der Waals surface area contributed by atoms with Crippen LogP contribution in [0.4, 0.5) is 6.01 Å². The van der Waals surface area contributed by atoms with Crippen LogP contribution in [0.3, 0.4) is 0 Å². The van der Waals surface area contributed by atoms with Gasteiger partial charge in [-0.15, -0.1) is 5.10 Å². The van der Waals surface area contributed by atoms with Crippen molar-refractivity contribution in [3.8, 4) is 11.5 Å². The van der Waals surface area contributed by atoms with Crippen LogP contribution in [0.5, 0.6) is 0 Å². The molecule has 0 unspecified atom stereocenters.